The zero-order valence-corrected chi connectivity index (χ0v) is 71.7. The lowest BCUT2D eigenvalue weighted by molar-refractivity contribution is -0.161. The number of phosphoric ester groups is 2. The molecule has 4 unspecified atom stereocenters. The molecule has 17 nitrogen and oxygen atoms in total. The van der Waals surface area contributed by atoms with Gasteiger partial charge in [-0.05, 0) is 43.4 Å². The Morgan fingerprint density at radius 3 is 0.717 bits per heavy atom. The van der Waals surface area contributed by atoms with Crippen LogP contribution in [0.4, 0.5) is 0 Å². The predicted octanol–water partition coefficient (Wildman–Crippen LogP) is 26.5. The molecule has 0 heterocycles. The van der Waals surface area contributed by atoms with Crippen molar-refractivity contribution in [3.05, 3.63) is 0 Å². The summed E-state index contributed by atoms with van der Waals surface area (Å²) in [7, 11) is -9.92. The first-order valence-electron chi connectivity index (χ1n) is 44.9. The maximum atomic E-state index is 13.1. The lowest BCUT2D eigenvalue weighted by Gasteiger charge is -2.21. The van der Waals surface area contributed by atoms with Gasteiger partial charge in [0.25, 0.3) is 0 Å². The Bertz CT molecular complexity index is 2050. The van der Waals surface area contributed by atoms with E-state index >= 15 is 0 Å². The van der Waals surface area contributed by atoms with E-state index in [-0.39, 0.29) is 25.7 Å². The van der Waals surface area contributed by atoms with Crippen LogP contribution >= 0.6 is 15.6 Å². The molecule has 0 spiro atoms. The highest BCUT2D eigenvalue weighted by Gasteiger charge is 2.31. The average Bonchev–Trinajstić information content (AvgIpc) is 0.899. The van der Waals surface area contributed by atoms with Crippen LogP contribution in [0.2, 0.25) is 0 Å². The average molecular weight is 1550 g/mol. The molecule has 0 aliphatic carbocycles. The summed E-state index contributed by atoms with van der Waals surface area (Å²) in [4.78, 5) is 72.9. The standard InChI is InChI=1S/C87H170O17P2/c1-8-11-12-51-61-68-84(89)97-74-82(103-86(91)70-63-57-50-44-38-32-26-25-29-35-41-47-54-60-67-80(7)10-3)76-101-105(93,94)99-72-81(88)73-100-106(95,96)102-77-83(75-98-85(90)69-62-55-48-42-36-30-23-19-15-13-17-21-27-33-39-45-52-58-65-78(4)5)104-87(92)71-64-56-49-43-37-31-24-20-16-14-18-22-28-34-40-46-53-59-66-79(6)9-2/h78-83,88H,8-77H2,1-7H3,(H,93,94)(H,95,96)/t79?,80?,81-,82+,83+/m0/s1. The Hall–Kier alpha value is -1.94. The molecule has 0 aliphatic heterocycles. The van der Waals surface area contributed by atoms with E-state index in [1.807, 2.05) is 0 Å². The van der Waals surface area contributed by atoms with Gasteiger partial charge in [-0.1, -0.05) is 408 Å². The summed E-state index contributed by atoms with van der Waals surface area (Å²) in [5.41, 5.74) is 0. The first-order valence-corrected chi connectivity index (χ1v) is 47.9. The van der Waals surface area contributed by atoms with E-state index < -0.39 is 97.5 Å². The van der Waals surface area contributed by atoms with Crippen LogP contribution in [0.15, 0.2) is 0 Å². The minimum atomic E-state index is -4.96. The molecular formula is C87H170O17P2. The second-order valence-electron chi connectivity index (χ2n) is 32.2. The van der Waals surface area contributed by atoms with E-state index in [4.69, 9.17) is 37.0 Å². The van der Waals surface area contributed by atoms with Gasteiger partial charge in [0.15, 0.2) is 12.2 Å². The number of hydrogen-bond acceptors (Lipinski definition) is 15. The van der Waals surface area contributed by atoms with Gasteiger partial charge in [0.2, 0.25) is 0 Å². The quantitative estimate of drug-likeness (QED) is 0.0222. The van der Waals surface area contributed by atoms with Gasteiger partial charge in [-0.15, -0.1) is 0 Å². The van der Waals surface area contributed by atoms with Crippen LogP contribution in [0.3, 0.4) is 0 Å². The lowest BCUT2D eigenvalue weighted by Crippen LogP contribution is -2.30. The van der Waals surface area contributed by atoms with Crippen molar-refractivity contribution in [2.45, 2.75) is 478 Å². The minimum absolute atomic E-state index is 0.107. The maximum absolute atomic E-state index is 13.1. The van der Waals surface area contributed by atoms with Crippen LogP contribution in [-0.2, 0) is 65.4 Å². The van der Waals surface area contributed by atoms with E-state index in [1.165, 1.54) is 263 Å². The van der Waals surface area contributed by atoms with Crippen molar-refractivity contribution in [3.8, 4) is 0 Å². The summed E-state index contributed by atoms with van der Waals surface area (Å²) in [5, 5.41) is 10.6. The third-order valence-electron chi connectivity index (χ3n) is 21.1. The van der Waals surface area contributed by atoms with Crippen LogP contribution in [0.1, 0.15) is 459 Å². The van der Waals surface area contributed by atoms with Crippen molar-refractivity contribution >= 4 is 39.5 Å². The summed E-state index contributed by atoms with van der Waals surface area (Å²) < 4.78 is 68.7. The molecule has 0 aromatic carbocycles. The molecular weight excluding hydrogens is 1380 g/mol. The van der Waals surface area contributed by atoms with Gasteiger partial charge in [-0.2, -0.15) is 0 Å². The molecule has 7 atom stereocenters. The van der Waals surface area contributed by atoms with Gasteiger partial charge in [-0.25, -0.2) is 9.13 Å². The Morgan fingerprint density at radius 1 is 0.274 bits per heavy atom. The van der Waals surface area contributed by atoms with Crippen LogP contribution in [0.5, 0.6) is 0 Å². The number of carbonyl (C=O) groups excluding carboxylic acids is 4. The number of rotatable bonds is 85. The molecule has 19 heteroatoms. The first-order chi connectivity index (χ1) is 51.3. The van der Waals surface area contributed by atoms with Gasteiger partial charge >= 0.3 is 39.5 Å². The summed E-state index contributed by atoms with van der Waals surface area (Å²) in [6.45, 7) is 12.0. The largest absolute Gasteiger partial charge is 0.472 e. The Kier molecular flexibility index (Phi) is 75.6. The first kappa shape index (κ1) is 104. The summed E-state index contributed by atoms with van der Waals surface area (Å²) in [6.07, 6.45) is 68.5. The molecule has 106 heavy (non-hydrogen) atoms. The van der Waals surface area contributed by atoms with Crippen LogP contribution in [-0.4, -0.2) is 96.7 Å². The molecule has 0 fully saturated rings. The molecule has 0 aromatic heterocycles. The van der Waals surface area contributed by atoms with Gasteiger partial charge in [0.05, 0.1) is 26.4 Å². The molecule has 0 saturated carbocycles. The Morgan fingerprint density at radius 2 is 0.481 bits per heavy atom. The van der Waals surface area contributed by atoms with E-state index in [9.17, 15) is 43.2 Å². The number of hydrogen-bond donors (Lipinski definition) is 3. The maximum Gasteiger partial charge on any atom is 0.472 e. The van der Waals surface area contributed by atoms with Crippen molar-refractivity contribution < 1.29 is 80.2 Å². The third-order valence-corrected chi connectivity index (χ3v) is 23.0. The predicted molar refractivity (Wildman–Crippen MR) is 437 cm³/mol. The van der Waals surface area contributed by atoms with E-state index in [1.54, 1.807) is 0 Å². The van der Waals surface area contributed by atoms with Crippen LogP contribution in [0.25, 0.3) is 0 Å². The molecule has 3 N–H and O–H groups in total. The molecule has 0 bridgehead atoms. The van der Waals surface area contributed by atoms with Crippen LogP contribution in [0, 0.1) is 17.8 Å². The van der Waals surface area contributed by atoms with Crippen molar-refractivity contribution in [3.63, 3.8) is 0 Å². The normalized spacial score (nSPS) is 14.4. The van der Waals surface area contributed by atoms with Crippen LogP contribution < -0.4 is 0 Å². The highest BCUT2D eigenvalue weighted by Crippen LogP contribution is 2.45. The second-order valence-corrected chi connectivity index (χ2v) is 35.1. The van der Waals surface area contributed by atoms with Gasteiger partial charge in [-0.3, -0.25) is 37.3 Å². The Labute approximate surface area is 651 Å². The smallest absolute Gasteiger partial charge is 0.462 e. The fraction of sp³-hybridized carbons (Fsp3) is 0.954. The number of aliphatic hydroxyl groups is 1. The van der Waals surface area contributed by atoms with Gasteiger partial charge in [0.1, 0.15) is 19.3 Å². The van der Waals surface area contributed by atoms with Crippen molar-refractivity contribution in [1.82, 2.24) is 0 Å². The monoisotopic (exact) mass is 1550 g/mol. The topological polar surface area (TPSA) is 237 Å². The Balaban J connectivity index is 5.10. The fourth-order valence-corrected chi connectivity index (χ4v) is 15.1. The molecule has 0 saturated heterocycles. The van der Waals surface area contributed by atoms with Crippen molar-refractivity contribution in [2.75, 3.05) is 39.6 Å². The number of ether oxygens (including phenoxy) is 4. The highest BCUT2D eigenvalue weighted by molar-refractivity contribution is 7.47. The van der Waals surface area contributed by atoms with Crippen molar-refractivity contribution in [1.29, 1.82) is 0 Å². The molecule has 0 rings (SSSR count). The molecule has 0 amide bonds. The number of carbonyl (C=O) groups is 4. The third kappa shape index (κ3) is 77.4. The lowest BCUT2D eigenvalue weighted by atomic mass is 9.99. The second kappa shape index (κ2) is 77.0. The van der Waals surface area contributed by atoms with E-state index in [0.29, 0.717) is 25.7 Å². The number of unbranched alkanes of at least 4 members (excludes halogenated alkanes) is 51. The number of aliphatic hydroxyl groups excluding tert-OH is 1. The SMILES string of the molecule is CCCCCCCC(=O)OC[C@H](COP(=O)(O)OC[C@H](O)COP(=O)(O)OC[C@@H](COC(=O)CCCCCCCCCCCCCCCCCCCCC(C)C)OC(=O)CCCCCCCCCCCCCCCCCCCCC(C)CC)OC(=O)CCCCCCCCCCCCCCCCC(C)CC. The highest BCUT2D eigenvalue weighted by atomic mass is 31.2. The molecule has 0 aromatic rings. The summed E-state index contributed by atoms with van der Waals surface area (Å²) >= 11 is 0. The fourth-order valence-electron chi connectivity index (χ4n) is 13.5. The molecule has 0 radical (unpaired) electrons. The summed E-state index contributed by atoms with van der Waals surface area (Å²) in [5.74, 6) is 0.425. The number of esters is 4. The summed E-state index contributed by atoms with van der Waals surface area (Å²) in [6, 6.07) is 0. The van der Waals surface area contributed by atoms with E-state index in [2.05, 4.69) is 48.5 Å². The zero-order valence-electron chi connectivity index (χ0n) is 69.9. The van der Waals surface area contributed by atoms with E-state index in [0.717, 1.165) is 114 Å². The van der Waals surface area contributed by atoms with Gasteiger partial charge < -0.3 is 33.8 Å². The zero-order chi connectivity index (χ0) is 77.9. The number of phosphoric acid groups is 2. The molecule has 0 aliphatic rings. The van der Waals surface area contributed by atoms with Crippen molar-refractivity contribution in [2.24, 2.45) is 17.8 Å². The minimum Gasteiger partial charge on any atom is -0.462 e. The molecule has 630 valence electrons. The van der Waals surface area contributed by atoms with Gasteiger partial charge in [0, 0.05) is 25.7 Å².